The van der Waals surface area contributed by atoms with Gasteiger partial charge in [-0.3, -0.25) is 9.69 Å². The van der Waals surface area contributed by atoms with Gasteiger partial charge < -0.3 is 14.4 Å². The second-order valence-corrected chi connectivity index (χ2v) is 8.01. The molecule has 2 saturated heterocycles. The largest absolute Gasteiger partial charge is 0.445 e. The van der Waals surface area contributed by atoms with Crippen molar-refractivity contribution in [3.8, 4) is 0 Å². The molecule has 2 atom stereocenters. The molecule has 0 unspecified atom stereocenters. The third-order valence-electron chi connectivity index (χ3n) is 4.76. The zero-order chi connectivity index (χ0) is 19.6. The summed E-state index contributed by atoms with van der Waals surface area (Å²) in [6.07, 6.45) is -0.114. The van der Waals surface area contributed by atoms with E-state index < -0.39 is 17.8 Å². The molecule has 0 bridgehead atoms. The Balaban J connectivity index is 1.66. The number of nitrogens with zero attached hydrogens (tertiary/aromatic N) is 2. The average molecular weight is 374 g/mol. The van der Waals surface area contributed by atoms with Crippen LogP contribution >= 0.6 is 0 Å². The number of hydrogen-bond acceptors (Lipinski definition) is 5. The Bertz CT molecular complexity index is 713. The standard InChI is InChI=1S/C20H26N2O5/c1-20(2,3)27-19(25)22-12-15(23)11-17-16(22)9-10-21(17)18(24)26-13-14-7-5-4-6-8-14/h4-8,16-17H,9-13H2,1-3H3/t16-,17-/m0/s1. The summed E-state index contributed by atoms with van der Waals surface area (Å²) in [6, 6.07) is 8.85. The van der Waals surface area contributed by atoms with Gasteiger partial charge in [0.1, 0.15) is 12.2 Å². The molecule has 0 N–H and O–H groups in total. The summed E-state index contributed by atoms with van der Waals surface area (Å²) >= 11 is 0. The van der Waals surface area contributed by atoms with Gasteiger partial charge in [0.2, 0.25) is 0 Å². The van der Waals surface area contributed by atoms with E-state index in [9.17, 15) is 14.4 Å². The topological polar surface area (TPSA) is 76.2 Å². The van der Waals surface area contributed by atoms with E-state index in [1.807, 2.05) is 30.3 Å². The summed E-state index contributed by atoms with van der Waals surface area (Å²) in [5, 5.41) is 0. The smallest absolute Gasteiger partial charge is 0.411 e. The van der Waals surface area contributed by atoms with E-state index in [0.29, 0.717) is 13.0 Å². The third kappa shape index (κ3) is 4.59. The number of benzene rings is 1. The normalized spacial score (nSPS) is 22.4. The summed E-state index contributed by atoms with van der Waals surface area (Å²) in [5.41, 5.74) is 0.261. The Kier molecular flexibility index (Phi) is 5.39. The van der Waals surface area contributed by atoms with Crippen molar-refractivity contribution < 1.29 is 23.9 Å². The first-order valence-electron chi connectivity index (χ1n) is 9.23. The van der Waals surface area contributed by atoms with Crippen LogP contribution in [0.2, 0.25) is 0 Å². The van der Waals surface area contributed by atoms with Crippen LogP contribution in [0.5, 0.6) is 0 Å². The van der Waals surface area contributed by atoms with E-state index in [0.717, 1.165) is 5.56 Å². The van der Waals surface area contributed by atoms with Gasteiger partial charge in [-0.25, -0.2) is 9.59 Å². The number of rotatable bonds is 2. The molecular formula is C20H26N2O5. The van der Waals surface area contributed by atoms with Crippen LogP contribution in [-0.2, 0) is 20.9 Å². The van der Waals surface area contributed by atoms with Gasteiger partial charge in [0, 0.05) is 13.0 Å². The molecule has 7 heteroatoms. The molecule has 2 fully saturated rings. The van der Waals surface area contributed by atoms with Gasteiger partial charge in [-0.15, -0.1) is 0 Å². The Hall–Kier alpha value is -2.57. The fraction of sp³-hybridized carbons (Fsp3) is 0.550. The third-order valence-corrected chi connectivity index (χ3v) is 4.76. The maximum Gasteiger partial charge on any atom is 0.411 e. The fourth-order valence-electron chi connectivity index (χ4n) is 3.60. The van der Waals surface area contributed by atoms with Crippen LogP contribution in [0.1, 0.15) is 39.2 Å². The maximum absolute atomic E-state index is 12.5. The van der Waals surface area contributed by atoms with E-state index in [2.05, 4.69) is 0 Å². The molecule has 0 saturated carbocycles. The van der Waals surface area contributed by atoms with Crippen molar-refractivity contribution in [2.75, 3.05) is 13.1 Å². The molecule has 0 aliphatic carbocycles. The van der Waals surface area contributed by atoms with Gasteiger partial charge in [0.25, 0.3) is 0 Å². The fourth-order valence-corrected chi connectivity index (χ4v) is 3.60. The maximum atomic E-state index is 12.5. The quantitative estimate of drug-likeness (QED) is 0.795. The molecule has 2 aliphatic heterocycles. The Morgan fingerprint density at radius 1 is 1.07 bits per heavy atom. The summed E-state index contributed by atoms with van der Waals surface area (Å²) in [5.74, 6) is -0.0788. The van der Waals surface area contributed by atoms with Crippen molar-refractivity contribution in [2.45, 2.75) is 57.9 Å². The van der Waals surface area contributed by atoms with E-state index in [4.69, 9.17) is 9.47 Å². The molecule has 1 aromatic rings. The van der Waals surface area contributed by atoms with Crippen molar-refractivity contribution in [3.63, 3.8) is 0 Å². The minimum atomic E-state index is -0.639. The highest BCUT2D eigenvalue weighted by atomic mass is 16.6. The Labute approximate surface area is 159 Å². The lowest BCUT2D eigenvalue weighted by molar-refractivity contribution is -0.125. The highest BCUT2D eigenvalue weighted by molar-refractivity contribution is 5.87. The van der Waals surface area contributed by atoms with Crippen LogP contribution in [0.4, 0.5) is 9.59 Å². The second kappa shape index (κ2) is 7.58. The lowest BCUT2D eigenvalue weighted by Crippen LogP contribution is -2.56. The minimum absolute atomic E-state index is 0.0307. The summed E-state index contributed by atoms with van der Waals surface area (Å²) in [4.78, 5) is 40.3. The molecule has 0 spiro atoms. The lowest BCUT2D eigenvalue weighted by Gasteiger charge is -2.39. The molecule has 27 heavy (non-hydrogen) atoms. The zero-order valence-corrected chi connectivity index (χ0v) is 16.0. The molecule has 2 amide bonds. The van der Waals surface area contributed by atoms with E-state index in [1.54, 1.807) is 25.7 Å². The van der Waals surface area contributed by atoms with Crippen molar-refractivity contribution >= 4 is 18.0 Å². The molecule has 1 aromatic carbocycles. The highest BCUT2D eigenvalue weighted by Crippen LogP contribution is 2.31. The minimum Gasteiger partial charge on any atom is -0.445 e. The average Bonchev–Trinajstić information content (AvgIpc) is 3.02. The van der Waals surface area contributed by atoms with Crippen molar-refractivity contribution in [3.05, 3.63) is 35.9 Å². The van der Waals surface area contributed by atoms with Crippen LogP contribution in [0.15, 0.2) is 30.3 Å². The number of piperidine rings is 1. The van der Waals surface area contributed by atoms with Gasteiger partial charge >= 0.3 is 12.2 Å². The molecule has 7 nitrogen and oxygen atoms in total. The number of Topliss-reactive ketones (excluding diaryl/α,β-unsaturated/α-hetero) is 1. The zero-order valence-electron chi connectivity index (χ0n) is 16.0. The predicted octanol–water partition coefficient (Wildman–Crippen LogP) is 2.98. The van der Waals surface area contributed by atoms with Crippen LogP contribution in [0.3, 0.4) is 0 Å². The van der Waals surface area contributed by atoms with Crippen LogP contribution in [-0.4, -0.2) is 58.5 Å². The monoisotopic (exact) mass is 374 g/mol. The number of carbonyl (C=O) groups is 3. The summed E-state index contributed by atoms with van der Waals surface area (Å²) < 4.78 is 10.8. The SMILES string of the molecule is CC(C)(C)OC(=O)N1CC(=O)C[C@H]2[C@@H]1CCN2C(=O)OCc1ccccc1. The van der Waals surface area contributed by atoms with Crippen LogP contribution in [0.25, 0.3) is 0 Å². The molecule has 3 rings (SSSR count). The number of amides is 2. The van der Waals surface area contributed by atoms with Crippen LogP contribution in [0, 0.1) is 0 Å². The molecule has 146 valence electrons. The van der Waals surface area contributed by atoms with Crippen molar-refractivity contribution in [1.29, 1.82) is 0 Å². The highest BCUT2D eigenvalue weighted by Gasteiger charge is 2.47. The van der Waals surface area contributed by atoms with Crippen molar-refractivity contribution in [2.24, 2.45) is 0 Å². The number of ketones is 1. The van der Waals surface area contributed by atoms with Gasteiger partial charge in [-0.05, 0) is 32.8 Å². The number of carbonyl (C=O) groups excluding carboxylic acids is 3. The van der Waals surface area contributed by atoms with Crippen LogP contribution < -0.4 is 0 Å². The van der Waals surface area contributed by atoms with Gasteiger partial charge in [-0.1, -0.05) is 30.3 Å². The number of fused-ring (bicyclic) bond motifs is 1. The first-order chi connectivity index (χ1) is 12.7. The molecule has 0 aromatic heterocycles. The van der Waals surface area contributed by atoms with Gasteiger partial charge in [0.05, 0.1) is 18.6 Å². The van der Waals surface area contributed by atoms with E-state index in [-0.39, 0.29) is 37.4 Å². The molecule has 0 radical (unpaired) electrons. The van der Waals surface area contributed by atoms with Crippen molar-refractivity contribution in [1.82, 2.24) is 9.80 Å². The number of hydrogen-bond donors (Lipinski definition) is 0. The first kappa shape index (κ1) is 19.2. The van der Waals surface area contributed by atoms with E-state index >= 15 is 0 Å². The lowest BCUT2D eigenvalue weighted by atomic mass is 9.96. The summed E-state index contributed by atoms with van der Waals surface area (Å²) in [6.45, 7) is 6.03. The number of ether oxygens (including phenoxy) is 2. The Morgan fingerprint density at radius 3 is 2.44 bits per heavy atom. The molecule has 2 aliphatic rings. The van der Waals surface area contributed by atoms with E-state index in [1.165, 1.54) is 4.90 Å². The Morgan fingerprint density at radius 2 is 1.78 bits per heavy atom. The second-order valence-electron chi connectivity index (χ2n) is 8.01. The first-order valence-corrected chi connectivity index (χ1v) is 9.23. The van der Waals surface area contributed by atoms with Gasteiger partial charge in [-0.2, -0.15) is 0 Å². The predicted molar refractivity (Wildman–Crippen MR) is 98.1 cm³/mol. The molecular weight excluding hydrogens is 348 g/mol. The number of likely N-dealkylation sites (tertiary alicyclic amines) is 2. The molecule has 2 heterocycles. The van der Waals surface area contributed by atoms with Gasteiger partial charge in [0.15, 0.2) is 5.78 Å². The summed E-state index contributed by atoms with van der Waals surface area (Å²) in [7, 11) is 0.